The number of para-hydroxylation sites is 1. The molecule has 17 heavy (non-hydrogen) atoms. The molecule has 1 amide bonds. The zero-order valence-corrected chi connectivity index (χ0v) is 8.88. The summed E-state index contributed by atoms with van der Waals surface area (Å²) in [6, 6.07) is 15.8. The number of ether oxygens (including phenoxy) is 1. The lowest BCUT2D eigenvalue weighted by Gasteiger charge is -2.07. The Morgan fingerprint density at radius 1 is 1.24 bits per heavy atom. The highest BCUT2D eigenvalue weighted by Crippen LogP contribution is 2.21. The number of phenols is 1. The Morgan fingerprint density at radius 3 is 2.71 bits per heavy atom. The van der Waals surface area contributed by atoms with Gasteiger partial charge in [-0.2, -0.15) is 0 Å². The molecular formula is C13H10NO3. The molecule has 0 unspecified atom stereocenters. The van der Waals surface area contributed by atoms with Crippen LogP contribution >= 0.6 is 0 Å². The second-order valence-electron chi connectivity index (χ2n) is 3.27. The summed E-state index contributed by atoms with van der Waals surface area (Å²) in [6.45, 7) is 0. The van der Waals surface area contributed by atoms with Crippen LogP contribution in [-0.4, -0.2) is 11.2 Å². The Bertz CT molecular complexity index is 511. The maximum Gasteiger partial charge on any atom is 0.417 e. The Morgan fingerprint density at radius 2 is 2.00 bits per heavy atom. The van der Waals surface area contributed by atoms with Crippen LogP contribution in [0, 0.1) is 6.07 Å². The molecule has 2 N–H and O–H groups in total. The van der Waals surface area contributed by atoms with Crippen molar-refractivity contribution < 1.29 is 14.6 Å². The lowest BCUT2D eigenvalue weighted by atomic mass is 10.3. The molecule has 1 radical (unpaired) electrons. The Labute approximate surface area is 98.5 Å². The number of carbonyl (C=O) groups is 1. The Kier molecular flexibility index (Phi) is 3.25. The number of carbonyl (C=O) groups excluding carboxylic acids is 1. The molecule has 0 atom stereocenters. The molecular weight excluding hydrogens is 218 g/mol. The van der Waals surface area contributed by atoms with Crippen LogP contribution in [0.25, 0.3) is 0 Å². The number of nitrogens with one attached hydrogen (secondary N) is 1. The molecule has 0 bridgehead atoms. The van der Waals surface area contributed by atoms with Crippen molar-refractivity contribution in [3.05, 3.63) is 54.6 Å². The van der Waals surface area contributed by atoms with E-state index in [4.69, 9.17) is 4.74 Å². The fraction of sp³-hybridized carbons (Fsp3) is 0. The van der Waals surface area contributed by atoms with E-state index in [2.05, 4.69) is 11.4 Å². The summed E-state index contributed by atoms with van der Waals surface area (Å²) >= 11 is 0. The van der Waals surface area contributed by atoms with Crippen LogP contribution in [0.3, 0.4) is 0 Å². The van der Waals surface area contributed by atoms with Crippen molar-refractivity contribution in [2.45, 2.75) is 0 Å². The number of amides is 1. The molecule has 2 aromatic carbocycles. The van der Waals surface area contributed by atoms with E-state index in [0.29, 0.717) is 5.75 Å². The Hall–Kier alpha value is -2.49. The van der Waals surface area contributed by atoms with E-state index < -0.39 is 6.09 Å². The summed E-state index contributed by atoms with van der Waals surface area (Å²) in [5.41, 5.74) is 0.282. The smallest absolute Gasteiger partial charge is 0.417 e. The van der Waals surface area contributed by atoms with Crippen LogP contribution in [0.4, 0.5) is 10.5 Å². The van der Waals surface area contributed by atoms with Crippen LogP contribution in [0.1, 0.15) is 0 Å². The van der Waals surface area contributed by atoms with Crippen molar-refractivity contribution in [2.24, 2.45) is 0 Å². The number of benzene rings is 2. The summed E-state index contributed by atoms with van der Waals surface area (Å²) in [5, 5.41) is 11.9. The van der Waals surface area contributed by atoms with Crippen LogP contribution in [0.15, 0.2) is 48.5 Å². The molecule has 0 saturated heterocycles. The van der Waals surface area contributed by atoms with Crippen molar-refractivity contribution in [1.29, 1.82) is 0 Å². The van der Waals surface area contributed by atoms with Crippen LogP contribution in [0.2, 0.25) is 0 Å². The van der Waals surface area contributed by atoms with E-state index in [1.165, 1.54) is 12.1 Å². The van der Waals surface area contributed by atoms with Crippen molar-refractivity contribution in [3.8, 4) is 11.5 Å². The molecule has 4 nitrogen and oxygen atoms in total. The standard InChI is InChI=1S/C13H10NO3/c15-12-9-5-4-8-11(12)14-13(16)17-10-6-2-1-3-7-10/h1-4,6-9,15H,(H,14,16). The fourth-order valence-corrected chi connectivity index (χ4v) is 1.26. The normalized spacial score (nSPS) is 9.65. The average Bonchev–Trinajstić information content (AvgIpc) is 2.33. The lowest BCUT2D eigenvalue weighted by molar-refractivity contribution is 0.215. The first-order valence-electron chi connectivity index (χ1n) is 4.98. The topological polar surface area (TPSA) is 58.6 Å². The Balaban J connectivity index is 2.01. The van der Waals surface area contributed by atoms with Gasteiger partial charge in [0.25, 0.3) is 0 Å². The molecule has 0 aliphatic rings. The average molecular weight is 228 g/mol. The molecule has 4 heteroatoms. The van der Waals surface area contributed by atoms with Gasteiger partial charge in [-0.1, -0.05) is 24.3 Å². The first-order chi connectivity index (χ1) is 8.25. The van der Waals surface area contributed by atoms with Gasteiger partial charge in [0.15, 0.2) is 0 Å². The minimum Gasteiger partial charge on any atom is -0.506 e. The van der Waals surface area contributed by atoms with Gasteiger partial charge in [0.2, 0.25) is 0 Å². The zero-order valence-electron chi connectivity index (χ0n) is 8.88. The van der Waals surface area contributed by atoms with Crippen LogP contribution < -0.4 is 10.1 Å². The summed E-state index contributed by atoms with van der Waals surface area (Å²) in [5.74, 6) is 0.379. The van der Waals surface area contributed by atoms with Crippen LogP contribution in [-0.2, 0) is 0 Å². The van der Waals surface area contributed by atoms with Crippen molar-refractivity contribution in [2.75, 3.05) is 5.32 Å². The van der Waals surface area contributed by atoms with Crippen molar-refractivity contribution >= 4 is 11.8 Å². The van der Waals surface area contributed by atoms with Crippen LogP contribution in [0.5, 0.6) is 11.5 Å². The summed E-state index contributed by atoms with van der Waals surface area (Å²) < 4.78 is 5.00. The first-order valence-corrected chi connectivity index (χ1v) is 4.98. The maximum atomic E-state index is 11.5. The monoisotopic (exact) mass is 228 g/mol. The molecule has 0 heterocycles. The summed E-state index contributed by atoms with van der Waals surface area (Å²) in [4.78, 5) is 11.5. The van der Waals surface area contributed by atoms with Gasteiger partial charge in [-0.15, -0.1) is 0 Å². The quantitative estimate of drug-likeness (QED) is 0.777. The van der Waals surface area contributed by atoms with E-state index in [1.54, 1.807) is 30.3 Å². The SMILES string of the molecule is O=C(Nc1cc[c]cc1O)Oc1ccccc1. The number of hydrogen-bond donors (Lipinski definition) is 2. The minimum absolute atomic E-state index is 0.0579. The van der Waals surface area contributed by atoms with Gasteiger partial charge in [-0.05, 0) is 30.3 Å². The second kappa shape index (κ2) is 5.03. The lowest BCUT2D eigenvalue weighted by Crippen LogP contribution is -2.16. The highest BCUT2D eigenvalue weighted by molar-refractivity contribution is 5.87. The highest BCUT2D eigenvalue weighted by atomic mass is 16.6. The van der Waals surface area contributed by atoms with E-state index in [9.17, 15) is 9.90 Å². The van der Waals surface area contributed by atoms with Gasteiger partial charge in [0, 0.05) is 0 Å². The molecule has 0 aliphatic heterocycles. The zero-order chi connectivity index (χ0) is 12.1. The summed E-state index contributed by atoms with van der Waals surface area (Å²) in [7, 11) is 0. The number of hydrogen-bond acceptors (Lipinski definition) is 3. The van der Waals surface area contributed by atoms with Gasteiger partial charge in [-0.25, -0.2) is 4.79 Å². The molecule has 0 aliphatic carbocycles. The third-order valence-corrected chi connectivity index (χ3v) is 2.03. The third-order valence-electron chi connectivity index (χ3n) is 2.03. The molecule has 0 saturated carbocycles. The maximum absolute atomic E-state index is 11.5. The second-order valence-corrected chi connectivity index (χ2v) is 3.27. The van der Waals surface area contributed by atoms with Gasteiger partial charge in [-0.3, -0.25) is 5.32 Å². The number of rotatable bonds is 2. The molecule has 85 valence electrons. The van der Waals surface area contributed by atoms with Gasteiger partial charge in [0.1, 0.15) is 11.5 Å². The third kappa shape index (κ3) is 2.98. The van der Waals surface area contributed by atoms with Crippen molar-refractivity contribution in [3.63, 3.8) is 0 Å². The van der Waals surface area contributed by atoms with Gasteiger partial charge in [0.05, 0.1) is 5.69 Å². The molecule has 2 aromatic rings. The summed E-state index contributed by atoms with van der Waals surface area (Å²) in [6.07, 6.45) is -0.655. The van der Waals surface area contributed by atoms with Gasteiger partial charge < -0.3 is 9.84 Å². The number of aromatic hydroxyl groups is 1. The van der Waals surface area contributed by atoms with E-state index >= 15 is 0 Å². The molecule has 0 fully saturated rings. The van der Waals surface area contributed by atoms with Crippen molar-refractivity contribution in [1.82, 2.24) is 0 Å². The minimum atomic E-state index is -0.655. The largest absolute Gasteiger partial charge is 0.506 e. The molecule has 0 spiro atoms. The predicted octanol–water partition coefficient (Wildman–Crippen LogP) is 2.80. The molecule has 0 aromatic heterocycles. The van der Waals surface area contributed by atoms with Gasteiger partial charge >= 0.3 is 6.09 Å². The predicted molar refractivity (Wildman–Crippen MR) is 63.0 cm³/mol. The number of anilines is 1. The van der Waals surface area contributed by atoms with E-state index in [0.717, 1.165) is 0 Å². The highest BCUT2D eigenvalue weighted by Gasteiger charge is 2.07. The molecule has 2 rings (SSSR count). The van der Waals surface area contributed by atoms with E-state index in [1.807, 2.05) is 6.07 Å². The van der Waals surface area contributed by atoms with E-state index in [-0.39, 0.29) is 11.4 Å². The first kappa shape index (κ1) is 11.0. The number of phenolic OH excluding ortho intramolecular Hbond substituents is 1. The fourth-order valence-electron chi connectivity index (χ4n) is 1.26.